The summed E-state index contributed by atoms with van der Waals surface area (Å²) < 4.78 is 11.2. The molecule has 3 heterocycles. The van der Waals surface area contributed by atoms with Crippen LogP contribution in [0.25, 0.3) is 10.9 Å². The highest BCUT2D eigenvalue weighted by Gasteiger charge is 2.41. The molecule has 1 atom stereocenters. The van der Waals surface area contributed by atoms with Gasteiger partial charge in [0.1, 0.15) is 11.7 Å². The van der Waals surface area contributed by atoms with Crippen molar-refractivity contribution in [3.05, 3.63) is 76.0 Å². The Balaban J connectivity index is 0.000000328. The zero-order valence-electron chi connectivity index (χ0n) is 25.5. The number of aromatic nitrogens is 3. The summed E-state index contributed by atoms with van der Waals surface area (Å²) in [6.07, 6.45) is -2.29. The number of methoxy groups -OCH3 is 1. The molecule has 0 aliphatic carbocycles. The molecule has 16 heteroatoms. The van der Waals surface area contributed by atoms with E-state index in [1.54, 1.807) is 31.4 Å². The van der Waals surface area contributed by atoms with Crippen LogP contribution in [0.15, 0.2) is 47.0 Å². The Morgan fingerprint density at radius 3 is 2.26 bits per heavy atom. The predicted octanol–water partition coefficient (Wildman–Crippen LogP) is 2.69. The molecule has 1 unspecified atom stereocenters. The molecule has 1 aliphatic rings. The van der Waals surface area contributed by atoms with Gasteiger partial charge in [-0.1, -0.05) is 16.8 Å². The summed E-state index contributed by atoms with van der Waals surface area (Å²) in [5.74, 6) is -4.38. The van der Waals surface area contributed by atoms with E-state index in [1.807, 2.05) is 25.1 Å². The lowest BCUT2D eigenvalue weighted by molar-refractivity contribution is -0.170. The number of fused-ring (bicyclic) bond motifs is 1. The van der Waals surface area contributed by atoms with Crippen molar-refractivity contribution in [2.24, 2.45) is 0 Å². The first-order valence-corrected chi connectivity index (χ1v) is 14.8. The molecule has 15 nitrogen and oxygen atoms in total. The number of nitrogens with zero attached hydrogens (tertiary/aromatic N) is 3. The van der Waals surface area contributed by atoms with Gasteiger partial charge in [0.2, 0.25) is 5.89 Å². The summed E-state index contributed by atoms with van der Waals surface area (Å²) in [6.45, 7) is 6.21. The molecule has 0 amide bonds. The summed E-state index contributed by atoms with van der Waals surface area (Å²) >= 11 is 6.06. The molecule has 0 spiro atoms. The second-order valence-electron chi connectivity index (χ2n) is 10.9. The van der Waals surface area contributed by atoms with E-state index in [2.05, 4.69) is 25.3 Å². The van der Waals surface area contributed by atoms with E-state index in [-0.39, 0.29) is 11.7 Å². The average molecular weight is 672 g/mol. The minimum absolute atomic E-state index is 0.138. The van der Waals surface area contributed by atoms with E-state index in [4.69, 9.17) is 41.3 Å². The second-order valence-corrected chi connectivity index (χ2v) is 11.4. The molecule has 2 aromatic heterocycles. The van der Waals surface area contributed by atoms with Crippen LogP contribution in [0.1, 0.15) is 52.1 Å². The molecule has 0 radical (unpaired) electrons. The molecule has 0 bridgehead atoms. The Morgan fingerprint density at radius 2 is 1.68 bits per heavy atom. The van der Waals surface area contributed by atoms with Crippen LogP contribution in [0.3, 0.4) is 0 Å². The van der Waals surface area contributed by atoms with Crippen LogP contribution in [0.2, 0.25) is 5.02 Å². The number of ketones is 1. The van der Waals surface area contributed by atoms with E-state index in [0.29, 0.717) is 28.7 Å². The van der Waals surface area contributed by atoms with Crippen molar-refractivity contribution in [3.8, 4) is 5.75 Å². The molecule has 1 fully saturated rings. The minimum atomic E-state index is -2.74. The van der Waals surface area contributed by atoms with Crippen LogP contribution in [0.4, 0.5) is 0 Å². The van der Waals surface area contributed by atoms with Gasteiger partial charge in [-0.15, -0.1) is 0 Å². The largest absolute Gasteiger partial charge is 0.497 e. The number of nitrogens with one attached hydrogen (secondary N) is 2. The highest BCUT2D eigenvalue weighted by molar-refractivity contribution is 6.30. The standard InChI is InChI=1S/C25H26ClN5O3.C6H8O7/c1-15-22(19-13-18(33-2)7-8-20(19)28-15)23(24(32)16-3-5-17(26)6-4-16)25-29-21(30-34-25)14-31-11-9-27-10-12-31;7-3(8)1-6(13,5(11)12)2-4(9)10/h3-8,13,23,27-28H,9-12,14H2,1-2H3;13H,1-2H2,(H,7,8)(H,9,10)(H,11,12). The summed E-state index contributed by atoms with van der Waals surface area (Å²) in [4.78, 5) is 54.7. The first-order chi connectivity index (χ1) is 22.3. The molecule has 4 aromatic rings. The number of ether oxygens (including phenoxy) is 1. The minimum Gasteiger partial charge on any atom is -0.497 e. The number of aliphatic carboxylic acids is 3. The first-order valence-electron chi connectivity index (χ1n) is 14.4. The summed E-state index contributed by atoms with van der Waals surface area (Å²) in [5.41, 5.74) is 0.344. The van der Waals surface area contributed by atoms with Crippen LogP contribution in [-0.2, 0) is 20.9 Å². The number of aromatic amines is 1. The van der Waals surface area contributed by atoms with Crippen LogP contribution < -0.4 is 10.1 Å². The number of H-pyrrole nitrogens is 1. The van der Waals surface area contributed by atoms with Crippen molar-refractivity contribution in [2.75, 3.05) is 33.3 Å². The molecule has 6 N–H and O–H groups in total. The quantitative estimate of drug-likeness (QED) is 0.119. The van der Waals surface area contributed by atoms with Gasteiger partial charge in [0.05, 0.1) is 26.5 Å². The second kappa shape index (κ2) is 15.2. The predicted molar refractivity (Wildman–Crippen MR) is 167 cm³/mol. The van der Waals surface area contributed by atoms with E-state index in [9.17, 15) is 19.2 Å². The van der Waals surface area contributed by atoms with Gasteiger partial charge in [-0.25, -0.2) is 4.79 Å². The number of carboxylic acid groups (broad SMARTS) is 3. The maximum absolute atomic E-state index is 13.9. The first kappa shape index (κ1) is 35.0. The van der Waals surface area contributed by atoms with E-state index in [1.165, 1.54) is 0 Å². The van der Waals surface area contributed by atoms with E-state index in [0.717, 1.165) is 48.3 Å². The number of hydrogen-bond acceptors (Lipinski definition) is 11. The highest BCUT2D eigenvalue weighted by Crippen LogP contribution is 2.37. The molecule has 250 valence electrons. The van der Waals surface area contributed by atoms with Gasteiger partial charge in [-0.05, 0) is 49.4 Å². The van der Waals surface area contributed by atoms with Crippen molar-refractivity contribution in [1.29, 1.82) is 0 Å². The van der Waals surface area contributed by atoms with Gasteiger partial charge >= 0.3 is 17.9 Å². The van der Waals surface area contributed by atoms with Crippen LogP contribution in [0, 0.1) is 6.92 Å². The summed E-state index contributed by atoms with van der Waals surface area (Å²) in [5, 5.41) is 42.8. The topological polar surface area (TPSA) is 228 Å². The van der Waals surface area contributed by atoms with Crippen molar-refractivity contribution < 1.29 is 48.9 Å². The van der Waals surface area contributed by atoms with Crippen molar-refractivity contribution >= 4 is 46.2 Å². The Labute approximate surface area is 273 Å². The fourth-order valence-corrected chi connectivity index (χ4v) is 5.33. The van der Waals surface area contributed by atoms with Crippen LogP contribution >= 0.6 is 11.6 Å². The van der Waals surface area contributed by atoms with E-state index >= 15 is 0 Å². The number of benzene rings is 2. The fourth-order valence-electron chi connectivity index (χ4n) is 5.21. The molecule has 1 aliphatic heterocycles. The van der Waals surface area contributed by atoms with Gasteiger partial charge in [0.25, 0.3) is 0 Å². The molecular formula is C31H34ClN5O10. The number of hydrogen-bond donors (Lipinski definition) is 6. The number of Topliss-reactive ketones (excluding diaryl/α,β-unsaturated/α-hetero) is 1. The van der Waals surface area contributed by atoms with E-state index < -0.39 is 42.3 Å². The monoisotopic (exact) mass is 671 g/mol. The van der Waals surface area contributed by atoms with Gasteiger partial charge in [0, 0.05) is 58.9 Å². The molecule has 1 saturated heterocycles. The third-order valence-corrected chi connectivity index (χ3v) is 7.77. The number of piperazine rings is 1. The van der Waals surface area contributed by atoms with Gasteiger partial charge in [-0.3, -0.25) is 19.3 Å². The third-order valence-electron chi connectivity index (χ3n) is 7.51. The smallest absolute Gasteiger partial charge is 0.336 e. The maximum Gasteiger partial charge on any atom is 0.336 e. The van der Waals surface area contributed by atoms with Gasteiger partial charge in [0.15, 0.2) is 17.2 Å². The zero-order valence-corrected chi connectivity index (χ0v) is 26.3. The number of carboxylic acids is 3. The lowest BCUT2D eigenvalue weighted by atomic mass is 9.88. The summed E-state index contributed by atoms with van der Waals surface area (Å²) in [7, 11) is 1.62. The van der Waals surface area contributed by atoms with Crippen molar-refractivity contribution in [1.82, 2.24) is 25.3 Å². The highest BCUT2D eigenvalue weighted by atomic mass is 35.5. The Morgan fingerprint density at radius 1 is 1.04 bits per heavy atom. The molecule has 0 saturated carbocycles. The molecular weight excluding hydrogens is 638 g/mol. The summed E-state index contributed by atoms with van der Waals surface area (Å²) in [6, 6.07) is 12.6. The number of carbonyl (C=O) groups is 4. The Hall–Kier alpha value is -4.83. The average Bonchev–Trinajstić information content (AvgIpc) is 3.61. The lowest BCUT2D eigenvalue weighted by Crippen LogP contribution is -2.43. The Bertz CT molecular complexity index is 1730. The number of aryl methyl sites for hydroxylation is 1. The van der Waals surface area contributed by atoms with Crippen LogP contribution in [-0.4, -0.2) is 103 Å². The van der Waals surface area contributed by atoms with Gasteiger partial charge < -0.3 is 40.0 Å². The number of rotatable bonds is 12. The maximum atomic E-state index is 13.9. The molecule has 47 heavy (non-hydrogen) atoms. The number of carbonyl (C=O) groups excluding carboxylic acids is 1. The fraction of sp³-hybridized carbons (Fsp3) is 0.355. The SMILES string of the molecule is COc1ccc2[nH]c(C)c(C(C(=O)c3ccc(Cl)cc3)c3nc(CN4CCNCC4)no3)c2c1.O=C(O)CC(O)(CC(=O)O)C(=O)O. The van der Waals surface area contributed by atoms with Crippen molar-refractivity contribution in [2.45, 2.75) is 37.8 Å². The number of aliphatic hydroxyl groups is 1. The lowest BCUT2D eigenvalue weighted by Gasteiger charge is -2.25. The Kier molecular flexibility index (Phi) is 11.3. The van der Waals surface area contributed by atoms with Crippen LogP contribution in [0.5, 0.6) is 5.75 Å². The third kappa shape index (κ3) is 8.71. The normalized spacial score (nSPS) is 14.2. The molecule has 5 rings (SSSR count). The zero-order chi connectivity index (χ0) is 34.3. The number of halogens is 1. The van der Waals surface area contributed by atoms with Crippen molar-refractivity contribution in [3.63, 3.8) is 0 Å². The van der Waals surface area contributed by atoms with Gasteiger partial charge in [-0.2, -0.15) is 4.98 Å². The molecule has 2 aromatic carbocycles.